The summed E-state index contributed by atoms with van der Waals surface area (Å²) >= 11 is 0. The summed E-state index contributed by atoms with van der Waals surface area (Å²) in [6.07, 6.45) is 2.90. The van der Waals surface area contributed by atoms with Gasteiger partial charge >= 0.3 is 0 Å². The van der Waals surface area contributed by atoms with Crippen molar-refractivity contribution in [2.75, 3.05) is 0 Å². The van der Waals surface area contributed by atoms with E-state index in [1.165, 1.54) is 48.8 Å². The molecule has 2 aromatic heterocycles. The van der Waals surface area contributed by atoms with Crippen molar-refractivity contribution in [1.29, 1.82) is 0 Å². The summed E-state index contributed by atoms with van der Waals surface area (Å²) in [6.45, 7) is 0. The van der Waals surface area contributed by atoms with Gasteiger partial charge in [0.05, 0.1) is 0 Å². The van der Waals surface area contributed by atoms with E-state index in [9.17, 15) is 22.4 Å². The van der Waals surface area contributed by atoms with Gasteiger partial charge in [-0.25, -0.2) is 18.7 Å². The molecule has 2 heterocycles. The Morgan fingerprint density at radius 2 is 1.00 bits per heavy atom. The van der Waals surface area contributed by atoms with Crippen LogP contribution >= 0.6 is 0 Å². The molecular formula is C27H20F4N2O. The summed E-state index contributed by atoms with van der Waals surface area (Å²) in [6, 6.07) is 16.9. The van der Waals surface area contributed by atoms with E-state index >= 15 is 0 Å². The van der Waals surface area contributed by atoms with Crippen LogP contribution in [0, 0.1) is 23.5 Å². The number of carbonyl (C=O) groups excluding carboxylic acids is 1. The van der Waals surface area contributed by atoms with E-state index in [1.54, 1.807) is 36.4 Å². The van der Waals surface area contributed by atoms with Gasteiger partial charge in [-0.2, -0.15) is 8.78 Å². The fourth-order valence-electron chi connectivity index (χ4n) is 3.99. The molecule has 0 amide bonds. The first-order valence-electron chi connectivity index (χ1n) is 10.6. The van der Waals surface area contributed by atoms with E-state index in [0.29, 0.717) is 22.3 Å². The number of carbonyl (C=O) groups is 1. The maximum absolute atomic E-state index is 14.0. The molecule has 0 saturated carbocycles. The van der Waals surface area contributed by atoms with Crippen molar-refractivity contribution in [1.82, 2.24) is 9.97 Å². The second-order valence-electron chi connectivity index (χ2n) is 7.99. The molecule has 2 aromatic carbocycles. The molecule has 2 unspecified atom stereocenters. The monoisotopic (exact) mass is 464 g/mol. The van der Waals surface area contributed by atoms with Crippen LogP contribution in [-0.4, -0.2) is 15.8 Å². The fraction of sp³-hybridized carbons (Fsp3) is 0.148. The number of pyridine rings is 2. The molecule has 7 heteroatoms. The van der Waals surface area contributed by atoms with Crippen LogP contribution in [0.25, 0.3) is 0 Å². The van der Waals surface area contributed by atoms with E-state index in [4.69, 9.17) is 0 Å². The van der Waals surface area contributed by atoms with Gasteiger partial charge in [0.2, 0.25) is 11.9 Å². The van der Waals surface area contributed by atoms with E-state index in [2.05, 4.69) is 9.97 Å². The van der Waals surface area contributed by atoms with E-state index in [1.807, 2.05) is 0 Å². The lowest BCUT2D eigenvalue weighted by Crippen LogP contribution is -2.25. The van der Waals surface area contributed by atoms with Crippen LogP contribution in [0.15, 0.2) is 85.2 Å². The number of benzene rings is 2. The van der Waals surface area contributed by atoms with Gasteiger partial charge in [-0.1, -0.05) is 24.3 Å². The first kappa shape index (κ1) is 23.3. The molecule has 0 radical (unpaired) electrons. The number of rotatable bonds is 8. The minimum absolute atomic E-state index is 0.177. The molecule has 0 N–H and O–H groups in total. The zero-order chi connectivity index (χ0) is 24.1. The maximum Gasteiger partial charge on any atom is 0.213 e. The smallest absolute Gasteiger partial charge is 0.213 e. The number of ketones is 1. The van der Waals surface area contributed by atoms with Gasteiger partial charge in [0.1, 0.15) is 17.4 Å². The van der Waals surface area contributed by atoms with Crippen LogP contribution in [-0.2, 0) is 17.6 Å². The zero-order valence-corrected chi connectivity index (χ0v) is 18.0. The molecule has 4 rings (SSSR count). The zero-order valence-electron chi connectivity index (χ0n) is 18.0. The van der Waals surface area contributed by atoms with Crippen molar-refractivity contribution in [2.45, 2.75) is 24.7 Å². The predicted octanol–water partition coefficient (Wildman–Crippen LogP) is 5.95. The van der Waals surface area contributed by atoms with Crippen molar-refractivity contribution in [3.05, 3.63) is 131 Å². The van der Waals surface area contributed by atoms with Crippen LogP contribution in [0.3, 0.4) is 0 Å². The Morgan fingerprint density at radius 3 is 1.35 bits per heavy atom. The van der Waals surface area contributed by atoms with Crippen molar-refractivity contribution in [2.24, 2.45) is 0 Å². The molecule has 0 aliphatic rings. The van der Waals surface area contributed by atoms with Crippen LogP contribution in [0.4, 0.5) is 17.6 Å². The molecule has 0 aliphatic carbocycles. The highest BCUT2D eigenvalue weighted by molar-refractivity contribution is 5.92. The van der Waals surface area contributed by atoms with Crippen LogP contribution in [0.5, 0.6) is 0 Å². The molecule has 2 atom stereocenters. The Hall–Kier alpha value is -3.87. The lowest BCUT2D eigenvalue weighted by Gasteiger charge is -2.24. The quantitative estimate of drug-likeness (QED) is 0.239. The third-order valence-electron chi connectivity index (χ3n) is 5.70. The summed E-state index contributed by atoms with van der Waals surface area (Å²) in [5, 5.41) is 0. The highest BCUT2D eigenvalue weighted by atomic mass is 19.1. The first-order valence-corrected chi connectivity index (χ1v) is 10.6. The lowest BCUT2D eigenvalue weighted by molar-refractivity contribution is -0.122. The molecule has 4 aromatic rings. The summed E-state index contributed by atoms with van der Waals surface area (Å²) in [7, 11) is 0. The van der Waals surface area contributed by atoms with Crippen molar-refractivity contribution < 1.29 is 22.4 Å². The Bertz CT molecular complexity index is 1180. The number of hydrogen-bond donors (Lipinski definition) is 0. The lowest BCUT2D eigenvalue weighted by atomic mass is 9.78. The average Bonchev–Trinajstić information content (AvgIpc) is 2.83. The fourth-order valence-corrected chi connectivity index (χ4v) is 3.99. The van der Waals surface area contributed by atoms with E-state index in [-0.39, 0.29) is 18.6 Å². The predicted molar refractivity (Wildman–Crippen MR) is 119 cm³/mol. The molecule has 0 spiro atoms. The number of nitrogens with zero attached hydrogens (tertiary/aromatic N) is 2. The minimum atomic E-state index is -0.815. The van der Waals surface area contributed by atoms with Crippen molar-refractivity contribution in [3.8, 4) is 0 Å². The Labute approximate surface area is 194 Å². The number of halogens is 4. The Morgan fingerprint density at radius 1 is 0.618 bits per heavy atom. The normalized spacial score (nSPS) is 12.8. The number of hydrogen-bond acceptors (Lipinski definition) is 3. The Balaban J connectivity index is 1.76. The van der Waals surface area contributed by atoms with Gasteiger partial charge in [-0.15, -0.1) is 0 Å². The molecule has 0 saturated heterocycles. The maximum atomic E-state index is 14.0. The second-order valence-corrected chi connectivity index (χ2v) is 7.99. The third kappa shape index (κ3) is 5.73. The minimum Gasteiger partial charge on any atom is -0.298 e. The summed E-state index contributed by atoms with van der Waals surface area (Å²) in [4.78, 5) is 21.1. The molecule has 172 valence electrons. The summed E-state index contributed by atoms with van der Waals surface area (Å²) in [5.74, 6) is -4.22. The molecule has 3 nitrogen and oxygen atoms in total. The average molecular weight is 464 g/mol. The Kier molecular flexibility index (Phi) is 7.11. The number of aromatic nitrogens is 2. The molecule has 0 bridgehead atoms. The van der Waals surface area contributed by atoms with Gasteiger partial charge in [-0.05, 0) is 83.6 Å². The molecule has 34 heavy (non-hydrogen) atoms. The van der Waals surface area contributed by atoms with Gasteiger partial charge < -0.3 is 0 Å². The van der Waals surface area contributed by atoms with Gasteiger partial charge in [0.25, 0.3) is 0 Å². The largest absolute Gasteiger partial charge is 0.298 e. The first-order chi connectivity index (χ1) is 16.4. The van der Waals surface area contributed by atoms with Gasteiger partial charge in [0.15, 0.2) is 0 Å². The van der Waals surface area contributed by atoms with Gasteiger partial charge in [-0.3, -0.25) is 4.79 Å². The van der Waals surface area contributed by atoms with Crippen molar-refractivity contribution in [3.63, 3.8) is 0 Å². The standard InChI is InChI=1S/C27H20F4N2O/c28-21-5-1-17(2-6-21)13-23(19-9-11-32-25(30)15-19)27(34)24(20-10-12-33-26(31)16-20)14-18-3-7-22(29)8-4-18/h1-12,15-16,23-24H,13-14H2. The van der Waals surface area contributed by atoms with E-state index < -0.39 is 35.4 Å². The van der Waals surface area contributed by atoms with Crippen molar-refractivity contribution >= 4 is 5.78 Å². The van der Waals surface area contributed by atoms with Crippen LogP contribution < -0.4 is 0 Å². The molecular weight excluding hydrogens is 444 g/mol. The highest BCUT2D eigenvalue weighted by Crippen LogP contribution is 2.32. The van der Waals surface area contributed by atoms with Crippen LogP contribution in [0.1, 0.15) is 34.1 Å². The highest BCUT2D eigenvalue weighted by Gasteiger charge is 2.31. The topological polar surface area (TPSA) is 42.9 Å². The summed E-state index contributed by atoms with van der Waals surface area (Å²) < 4.78 is 54.8. The van der Waals surface area contributed by atoms with Crippen LogP contribution in [0.2, 0.25) is 0 Å². The molecule has 0 aliphatic heterocycles. The number of Topliss-reactive ketones (excluding diaryl/α,β-unsaturated/α-hetero) is 1. The second kappa shape index (κ2) is 10.4. The molecule has 0 fully saturated rings. The summed E-state index contributed by atoms with van der Waals surface area (Å²) in [5.41, 5.74) is 2.16. The van der Waals surface area contributed by atoms with E-state index in [0.717, 1.165) is 0 Å². The third-order valence-corrected chi connectivity index (χ3v) is 5.70. The SMILES string of the molecule is O=C(C(Cc1ccc(F)cc1)c1ccnc(F)c1)C(Cc1ccc(F)cc1)c1ccnc(F)c1. The van der Waals surface area contributed by atoms with Gasteiger partial charge in [0, 0.05) is 24.2 Å².